The third-order valence-corrected chi connectivity index (χ3v) is 2.86. The minimum absolute atomic E-state index is 0.320. The van der Waals surface area contributed by atoms with Crippen molar-refractivity contribution in [1.29, 1.82) is 0 Å². The van der Waals surface area contributed by atoms with Gasteiger partial charge in [0.1, 0.15) is 18.1 Å². The molecule has 0 radical (unpaired) electrons. The van der Waals surface area contributed by atoms with Gasteiger partial charge in [0.2, 0.25) is 5.91 Å². The summed E-state index contributed by atoms with van der Waals surface area (Å²) in [5, 5.41) is 4.96. The molecule has 0 aromatic heterocycles. The third kappa shape index (κ3) is 6.91. The summed E-state index contributed by atoms with van der Waals surface area (Å²) in [5.41, 5.74) is 0.489. The van der Waals surface area contributed by atoms with Gasteiger partial charge in [0, 0.05) is 12.1 Å². The fourth-order valence-electron chi connectivity index (χ4n) is 1.65. The highest BCUT2D eigenvalue weighted by Gasteiger charge is 2.16. The van der Waals surface area contributed by atoms with E-state index in [9.17, 15) is 19.2 Å². The fourth-order valence-corrected chi connectivity index (χ4v) is 1.65. The van der Waals surface area contributed by atoms with E-state index in [4.69, 9.17) is 9.47 Å². The summed E-state index contributed by atoms with van der Waals surface area (Å²) in [6.45, 7) is 2.87. The molecule has 8 heteroatoms. The monoisotopic (exact) mass is 336 g/mol. The number of likely N-dealkylation sites (N-methyl/N-ethyl adjacent to an activating group) is 1. The average molecular weight is 336 g/mol. The van der Waals surface area contributed by atoms with Crippen molar-refractivity contribution in [3.05, 3.63) is 29.8 Å². The van der Waals surface area contributed by atoms with E-state index < -0.39 is 24.5 Å². The highest BCUT2D eigenvalue weighted by molar-refractivity contribution is 5.88. The van der Waals surface area contributed by atoms with Crippen LogP contribution in [0.1, 0.15) is 24.2 Å². The number of aldehydes is 1. The van der Waals surface area contributed by atoms with Crippen LogP contribution in [0, 0.1) is 0 Å². The number of ether oxygens (including phenoxy) is 2. The zero-order valence-electron chi connectivity index (χ0n) is 13.5. The molecule has 0 aliphatic heterocycles. The number of nitrogens with one attached hydrogen (secondary N) is 2. The molecule has 130 valence electrons. The Morgan fingerprint density at radius 1 is 1.17 bits per heavy atom. The smallest absolute Gasteiger partial charge is 0.344 e. The van der Waals surface area contributed by atoms with Gasteiger partial charge in [-0.25, -0.2) is 4.79 Å². The fraction of sp³-hybridized carbons (Fsp3) is 0.375. The zero-order chi connectivity index (χ0) is 17.9. The molecule has 24 heavy (non-hydrogen) atoms. The van der Waals surface area contributed by atoms with Crippen LogP contribution in [-0.2, 0) is 19.1 Å². The predicted molar refractivity (Wildman–Crippen MR) is 84.6 cm³/mol. The summed E-state index contributed by atoms with van der Waals surface area (Å²) in [6, 6.07) is 5.45. The standard InChI is InChI=1S/C16H20N2O6/c1-3-17-16(22)11(2)18-14(20)9-24-15(21)10-23-13-6-4-12(8-19)5-7-13/h4-8,11H,3,9-10H2,1-2H3,(H,17,22)(H,18,20)/t11-/m0/s1. The molecule has 0 spiro atoms. The quantitative estimate of drug-likeness (QED) is 0.487. The van der Waals surface area contributed by atoms with Crippen LogP contribution in [0.25, 0.3) is 0 Å². The van der Waals surface area contributed by atoms with Crippen molar-refractivity contribution < 1.29 is 28.7 Å². The largest absolute Gasteiger partial charge is 0.482 e. The molecule has 1 aromatic rings. The average Bonchev–Trinajstić information content (AvgIpc) is 2.58. The van der Waals surface area contributed by atoms with Crippen LogP contribution in [0.5, 0.6) is 5.75 Å². The Morgan fingerprint density at radius 2 is 1.83 bits per heavy atom. The van der Waals surface area contributed by atoms with Gasteiger partial charge in [0.05, 0.1) is 0 Å². The number of hydrogen-bond acceptors (Lipinski definition) is 6. The Hall–Kier alpha value is -2.90. The molecule has 2 amide bonds. The molecular formula is C16H20N2O6. The molecular weight excluding hydrogens is 316 g/mol. The van der Waals surface area contributed by atoms with Crippen LogP contribution < -0.4 is 15.4 Å². The number of amides is 2. The summed E-state index contributed by atoms with van der Waals surface area (Å²) < 4.78 is 9.91. The van der Waals surface area contributed by atoms with Crippen LogP contribution in [0.15, 0.2) is 24.3 Å². The lowest BCUT2D eigenvalue weighted by molar-refractivity contribution is -0.150. The van der Waals surface area contributed by atoms with E-state index >= 15 is 0 Å². The van der Waals surface area contributed by atoms with Gasteiger partial charge in [0.25, 0.3) is 5.91 Å². The lowest BCUT2D eigenvalue weighted by Crippen LogP contribution is -2.46. The van der Waals surface area contributed by atoms with Gasteiger partial charge >= 0.3 is 5.97 Å². The van der Waals surface area contributed by atoms with Crippen molar-refractivity contribution in [1.82, 2.24) is 10.6 Å². The highest BCUT2D eigenvalue weighted by Crippen LogP contribution is 2.10. The molecule has 1 aromatic carbocycles. The van der Waals surface area contributed by atoms with Gasteiger partial charge in [-0.2, -0.15) is 0 Å². The number of rotatable bonds is 9. The van der Waals surface area contributed by atoms with E-state index in [2.05, 4.69) is 10.6 Å². The van der Waals surface area contributed by atoms with Gasteiger partial charge in [-0.05, 0) is 38.1 Å². The number of carbonyl (C=O) groups excluding carboxylic acids is 4. The number of hydrogen-bond donors (Lipinski definition) is 2. The Labute approximate surface area is 139 Å². The molecule has 2 N–H and O–H groups in total. The normalized spacial score (nSPS) is 11.1. The van der Waals surface area contributed by atoms with E-state index in [0.29, 0.717) is 24.1 Å². The van der Waals surface area contributed by atoms with Crippen LogP contribution in [0.2, 0.25) is 0 Å². The predicted octanol–water partition coefficient (Wildman–Crippen LogP) is 0.0619. The summed E-state index contributed by atoms with van der Waals surface area (Å²) in [7, 11) is 0. The molecule has 0 saturated carbocycles. The molecule has 0 fully saturated rings. The minimum atomic E-state index is -0.727. The van der Waals surface area contributed by atoms with Crippen molar-refractivity contribution >= 4 is 24.1 Å². The summed E-state index contributed by atoms with van der Waals surface area (Å²) in [5.74, 6) is -1.24. The SMILES string of the molecule is CCNC(=O)[C@H](C)NC(=O)COC(=O)COc1ccc(C=O)cc1. The second-order valence-electron chi connectivity index (χ2n) is 4.82. The van der Waals surface area contributed by atoms with Gasteiger partial charge in [-0.15, -0.1) is 0 Å². The number of carbonyl (C=O) groups is 4. The van der Waals surface area contributed by atoms with E-state index in [0.717, 1.165) is 0 Å². The number of benzene rings is 1. The van der Waals surface area contributed by atoms with E-state index in [1.807, 2.05) is 0 Å². The Balaban J connectivity index is 2.28. The van der Waals surface area contributed by atoms with Crippen molar-refractivity contribution in [3.8, 4) is 5.75 Å². The maximum atomic E-state index is 11.6. The van der Waals surface area contributed by atoms with Crippen molar-refractivity contribution in [2.24, 2.45) is 0 Å². The maximum absolute atomic E-state index is 11.6. The van der Waals surface area contributed by atoms with Crippen molar-refractivity contribution in [2.75, 3.05) is 19.8 Å². The van der Waals surface area contributed by atoms with Gasteiger partial charge in [-0.3, -0.25) is 14.4 Å². The van der Waals surface area contributed by atoms with Crippen LogP contribution in [-0.4, -0.2) is 49.9 Å². The first kappa shape index (κ1) is 19.1. The highest BCUT2D eigenvalue weighted by atomic mass is 16.6. The number of esters is 1. The maximum Gasteiger partial charge on any atom is 0.344 e. The van der Waals surface area contributed by atoms with E-state index in [-0.39, 0.29) is 12.5 Å². The lowest BCUT2D eigenvalue weighted by atomic mass is 10.2. The first-order chi connectivity index (χ1) is 11.5. The second kappa shape index (κ2) is 9.98. The van der Waals surface area contributed by atoms with Crippen molar-refractivity contribution in [3.63, 3.8) is 0 Å². The van der Waals surface area contributed by atoms with Crippen LogP contribution >= 0.6 is 0 Å². The summed E-state index contributed by atoms with van der Waals surface area (Å²) in [4.78, 5) is 45.0. The van der Waals surface area contributed by atoms with Crippen LogP contribution in [0.4, 0.5) is 0 Å². The Morgan fingerprint density at radius 3 is 2.42 bits per heavy atom. The van der Waals surface area contributed by atoms with E-state index in [1.165, 1.54) is 19.1 Å². The molecule has 0 bridgehead atoms. The molecule has 0 aliphatic rings. The van der Waals surface area contributed by atoms with Gasteiger partial charge < -0.3 is 20.1 Å². The van der Waals surface area contributed by atoms with Gasteiger partial charge in [0.15, 0.2) is 13.2 Å². The molecule has 8 nitrogen and oxygen atoms in total. The van der Waals surface area contributed by atoms with Gasteiger partial charge in [-0.1, -0.05) is 0 Å². The first-order valence-electron chi connectivity index (χ1n) is 7.37. The molecule has 1 atom stereocenters. The minimum Gasteiger partial charge on any atom is -0.482 e. The summed E-state index contributed by atoms with van der Waals surface area (Å²) in [6.07, 6.45) is 0.693. The van der Waals surface area contributed by atoms with Crippen LogP contribution in [0.3, 0.4) is 0 Å². The summed E-state index contributed by atoms with van der Waals surface area (Å²) >= 11 is 0. The topological polar surface area (TPSA) is 111 Å². The zero-order valence-corrected chi connectivity index (χ0v) is 13.5. The Kier molecular flexibility index (Phi) is 7.97. The lowest BCUT2D eigenvalue weighted by Gasteiger charge is -2.13. The van der Waals surface area contributed by atoms with E-state index in [1.54, 1.807) is 19.1 Å². The molecule has 0 unspecified atom stereocenters. The van der Waals surface area contributed by atoms with Crippen molar-refractivity contribution in [2.45, 2.75) is 19.9 Å². The molecule has 0 heterocycles. The first-order valence-corrected chi connectivity index (χ1v) is 7.37. The molecule has 0 saturated heterocycles. The molecule has 1 rings (SSSR count). The third-order valence-electron chi connectivity index (χ3n) is 2.86. The Bertz CT molecular complexity index is 585. The molecule has 0 aliphatic carbocycles. The second-order valence-corrected chi connectivity index (χ2v) is 4.82.